The van der Waals surface area contributed by atoms with Crippen molar-refractivity contribution in [3.63, 3.8) is 0 Å². The molecule has 28 heavy (non-hydrogen) atoms. The molecule has 1 aromatic heterocycles. The molecule has 0 bridgehead atoms. The van der Waals surface area contributed by atoms with Crippen molar-refractivity contribution >= 4 is 11.8 Å². The molecule has 1 N–H and O–H groups in total. The zero-order chi connectivity index (χ0) is 19.3. The highest BCUT2D eigenvalue weighted by Gasteiger charge is 2.30. The fourth-order valence-electron chi connectivity index (χ4n) is 3.53. The molecule has 3 aromatic rings. The van der Waals surface area contributed by atoms with Gasteiger partial charge in [-0.25, -0.2) is 4.68 Å². The normalized spacial score (nSPS) is 16.4. The Morgan fingerprint density at radius 2 is 1.86 bits per heavy atom. The van der Waals surface area contributed by atoms with Crippen LogP contribution < -0.4 is 5.32 Å². The zero-order valence-corrected chi connectivity index (χ0v) is 15.5. The predicted octanol–water partition coefficient (Wildman–Crippen LogP) is 2.45. The van der Waals surface area contributed by atoms with E-state index in [9.17, 15) is 9.59 Å². The number of para-hydroxylation sites is 1. The van der Waals surface area contributed by atoms with Crippen molar-refractivity contribution in [2.75, 3.05) is 13.1 Å². The van der Waals surface area contributed by atoms with Crippen molar-refractivity contribution < 1.29 is 9.59 Å². The molecular weight excluding hydrogens is 352 g/mol. The molecule has 142 valence electrons. The Hall–Kier alpha value is -3.41. The first-order chi connectivity index (χ1) is 13.7. The van der Waals surface area contributed by atoms with Gasteiger partial charge in [0.1, 0.15) is 0 Å². The van der Waals surface area contributed by atoms with Crippen LogP contribution in [0.1, 0.15) is 22.3 Å². The van der Waals surface area contributed by atoms with Crippen molar-refractivity contribution in [2.45, 2.75) is 18.9 Å². The minimum atomic E-state index is -0.186. The van der Waals surface area contributed by atoms with E-state index in [2.05, 4.69) is 22.5 Å². The van der Waals surface area contributed by atoms with E-state index in [1.54, 1.807) is 23.1 Å². The Morgan fingerprint density at radius 1 is 1.07 bits per heavy atom. The van der Waals surface area contributed by atoms with Gasteiger partial charge in [0.15, 0.2) is 0 Å². The summed E-state index contributed by atoms with van der Waals surface area (Å²) in [4.78, 5) is 27.0. The van der Waals surface area contributed by atoms with E-state index in [0.29, 0.717) is 25.1 Å². The lowest BCUT2D eigenvalue weighted by molar-refractivity contribution is -0.127. The van der Waals surface area contributed by atoms with Gasteiger partial charge in [-0.3, -0.25) is 9.59 Å². The summed E-state index contributed by atoms with van der Waals surface area (Å²) in [5.74, 6) is -0.101. The third-order valence-electron chi connectivity index (χ3n) is 4.96. The Kier molecular flexibility index (Phi) is 5.19. The number of rotatable bonds is 6. The molecule has 2 amide bonds. The lowest BCUT2D eigenvalue weighted by Crippen LogP contribution is -2.38. The molecule has 0 unspecified atom stereocenters. The zero-order valence-electron chi connectivity index (χ0n) is 15.5. The van der Waals surface area contributed by atoms with Crippen LogP contribution in [0.15, 0.2) is 73.1 Å². The van der Waals surface area contributed by atoms with Crippen molar-refractivity contribution in [1.82, 2.24) is 20.0 Å². The third kappa shape index (κ3) is 3.96. The summed E-state index contributed by atoms with van der Waals surface area (Å²) in [6, 6.07) is 19.1. The van der Waals surface area contributed by atoms with Gasteiger partial charge in [0.05, 0.1) is 17.3 Å². The van der Waals surface area contributed by atoms with E-state index in [4.69, 9.17) is 0 Å². The second kappa shape index (κ2) is 8.08. The average Bonchev–Trinajstić information content (AvgIpc) is 3.37. The SMILES string of the molecule is O=C(N[C@@H]1CC(=O)N(CCc2ccccc2)C1)c1ccccc1-n1cccn1. The fraction of sp³-hybridized carbons (Fsp3) is 0.227. The van der Waals surface area contributed by atoms with Crippen LogP contribution in [-0.4, -0.2) is 45.6 Å². The van der Waals surface area contributed by atoms with Crippen molar-refractivity contribution in [3.8, 4) is 5.69 Å². The summed E-state index contributed by atoms with van der Waals surface area (Å²) >= 11 is 0. The van der Waals surface area contributed by atoms with Crippen LogP contribution in [0.25, 0.3) is 5.69 Å². The Bertz CT molecular complexity index is 954. The number of nitrogens with one attached hydrogen (secondary N) is 1. The Morgan fingerprint density at radius 3 is 2.64 bits per heavy atom. The summed E-state index contributed by atoms with van der Waals surface area (Å²) in [6.07, 6.45) is 4.63. The summed E-state index contributed by atoms with van der Waals surface area (Å²) in [5, 5.41) is 7.23. The van der Waals surface area contributed by atoms with Gasteiger partial charge >= 0.3 is 0 Å². The highest BCUT2D eigenvalue weighted by Crippen LogP contribution is 2.16. The van der Waals surface area contributed by atoms with Gasteiger partial charge in [0.2, 0.25) is 5.91 Å². The maximum absolute atomic E-state index is 12.8. The quantitative estimate of drug-likeness (QED) is 0.721. The fourth-order valence-corrected chi connectivity index (χ4v) is 3.53. The molecule has 6 nitrogen and oxygen atoms in total. The lowest BCUT2D eigenvalue weighted by Gasteiger charge is -2.17. The van der Waals surface area contributed by atoms with Crippen LogP contribution in [-0.2, 0) is 11.2 Å². The van der Waals surface area contributed by atoms with Gasteiger partial charge in [-0.05, 0) is 30.2 Å². The summed E-state index contributed by atoms with van der Waals surface area (Å²) in [5.41, 5.74) is 2.47. The first kappa shape index (κ1) is 18.0. The molecule has 1 saturated heterocycles. The molecule has 1 atom stereocenters. The van der Waals surface area contributed by atoms with Gasteiger partial charge in [0.25, 0.3) is 5.91 Å². The average molecular weight is 374 g/mol. The minimum Gasteiger partial charge on any atom is -0.347 e. The van der Waals surface area contributed by atoms with Crippen molar-refractivity contribution in [1.29, 1.82) is 0 Å². The van der Waals surface area contributed by atoms with Crippen LogP contribution in [0.4, 0.5) is 0 Å². The van der Waals surface area contributed by atoms with E-state index < -0.39 is 0 Å². The molecular formula is C22H22N4O2. The number of amides is 2. The topological polar surface area (TPSA) is 67.2 Å². The second-order valence-electron chi connectivity index (χ2n) is 6.92. The molecule has 0 spiro atoms. The highest BCUT2D eigenvalue weighted by molar-refractivity contribution is 5.98. The van der Waals surface area contributed by atoms with E-state index in [1.165, 1.54) is 5.56 Å². The molecule has 6 heteroatoms. The number of benzene rings is 2. The number of likely N-dealkylation sites (tertiary alicyclic amines) is 1. The Balaban J connectivity index is 1.39. The number of carbonyl (C=O) groups is 2. The van der Waals surface area contributed by atoms with Crippen molar-refractivity contribution in [2.24, 2.45) is 0 Å². The first-order valence-electron chi connectivity index (χ1n) is 9.42. The highest BCUT2D eigenvalue weighted by atomic mass is 16.2. The predicted molar refractivity (Wildman–Crippen MR) is 106 cm³/mol. The third-order valence-corrected chi connectivity index (χ3v) is 4.96. The Labute approximate surface area is 163 Å². The van der Waals surface area contributed by atoms with Gasteiger partial charge in [0, 0.05) is 31.9 Å². The number of hydrogen-bond donors (Lipinski definition) is 1. The van der Waals surface area contributed by atoms with Crippen LogP contribution in [0.5, 0.6) is 0 Å². The van der Waals surface area contributed by atoms with Crippen LogP contribution in [0, 0.1) is 0 Å². The van der Waals surface area contributed by atoms with E-state index >= 15 is 0 Å². The minimum absolute atomic E-state index is 0.0848. The lowest BCUT2D eigenvalue weighted by atomic mass is 10.1. The van der Waals surface area contributed by atoms with Gasteiger partial charge in [-0.2, -0.15) is 5.10 Å². The van der Waals surface area contributed by atoms with Gasteiger partial charge in [-0.1, -0.05) is 42.5 Å². The van der Waals surface area contributed by atoms with Crippen LogP contribution >= 0.6 is 0 Å². The van der Waals surface area contributed by atoms with E-state index in [1.807, 2.05) is 47.4 Å². The standard InChI is InChI=1S/C22H22N4O2/c27-21-15-18(16-25(21)14-11-17-7-2-1-3-8-17)24-22(28)19-9-4-5-10-20(19)26-13-6-12-23-26/h1-10,12-13,18H,11,14-16H2,(H,24,28)/t18-/m1/s1. The number of aromatic nitrogens is 2. The first-order valence-corrected chi connectivity index (χ1v) is 9.42. The maximum atomic E-state index is 12.8. The smallest absolute Gasteiger partial charge is 0.253 e. The monoisotopic (exact) mass is 374 g/mol. The molecule has 1 aliphatic rings. The number of hydrogen-bond acceptors (Lipinski definition) is 3. The number of carbonyl (C=O) groups excluding carboxylic acids is 2. The molecule has 2 aromatic carbocycles. The molecule has 1 aliphatic heterocycles. The maximum Gasteiger partial charge on any atom is 0.253 e. The van der Waals surface area contributed by atoms with E-state index in [-0.39, 0.29) is 17.9 Å². The van der Waals surface area contributed by atoms with Crippen molar-refractivity contribution in [3.05, 3.63) is 84.2 Å². The molecule has 4 rings (SSSR count). The van der Waals surface area contributed by atoms with Gasteiger partial charge < -0.3 is 10.2 Å². The number of nitrogens with zero attached hydrogens (tertiary/aromatic N) is 3. The molecule has 0 saturated carbocycles. The van der Waals surface area contributed by atoms with Gasteiger partial charge in [-0.15, -0.1) is 0 Å². The second-order valence-corrected chi connectivity index (χ2v) is 6.92. The summed E-state index contributed by atoms with van der Waals surface area (Å²) in [6.45, 7) is 1.21. The molecule has 0 radical (unpaired) electrons. The largest absolute Gasteiger partial charge is 0.347 e. The summed E-state index contributed by atoms with van der Waals surface area (Å²) in [7, 11) is 0. The summed E-state index contributed by atoms with van der Waals surface area (Å²) < 4.78 is 1.67. The van der Waals surface area contributed by atoms with Crippen LogP contribution in [0.2, 0.25) is 0 Å². The van der Waals surface area contributed by atoms with Crippen LogP contribution in [0.3, 0.4) is 0 Å². The molecule has 0 aliphatic carbocycles. The molecule has 2 heterocycles. The van der Waals surface area contributed by atoms with E-state index in [0.717, 1.165) is 12.1 Å². The molecule has 1 fully saturated rings.